The molecule has 0 heterocycles. The number of nitrogens with zero attached hydrogens (tertiary/aromatic N) is 2. The number of aliphatic carboxylic acids is 1. The number of carbonyl (C=O) groups is 1. The second-order valence-corrected chi connectivity index (χ2v) is 3.92. The lowest BCUT2D eigenvalue weighted by atomic mass is 10.0. The molecule has 0 amide bonds. The Kier molecular flexibility index (Phi) is 3.55. The molecule has 0 unspecified atom stereocenters. The van der Waals surface area contributed by atoms with Gasteiger partial charge in [0.05, 0.1) is 17.6 Å². The number of carboxylic acids is 1. The van der Waals surface area contributed by atoms with Gasteiger partial charge in [0.2, 0.25) is 0 Å². The average molecular weight is 206 g/mol. The zero-order valence-electron chi connectivity index (χ0n) is 8.84. The molecule has 0 spiro atoms. The minimum atomic E-state index is -0.869. The summed E-state index contributed by atoms with van der Waals surface area (Å²) in [6.45, 7) is 3.49. The van der Waals surface area contributed by atoms with Gasteiger partial charge in [0.1, 0.15) is 0 Å². The van der Waals surface area contributed by atoms with E-state index in [0.29, 0.717) is 0 Å². The van der Waals surface area contributed by atoms with Crippen molar-refractivity contribution in [1.82, 2.24) is 0 Å². The van der Waals surface area contributed by atoms with Crippen molar-refractivity contribution in [3.05, 3.63) is 30.3 Å². The maximum atomic E-state index is 10.5. The molecule has 0 saturated carbocycles. The minimum Gasteiger partial charge on any atom is -0.481 e. The Bertz CT molecular complexity index is 358. The van der Waals surface area contributed by atoms with Crippen molar-refractivity contribution in [2.75, 3.05) is 0 Å². The summed E-state index contributed by atoms with van der Waals surface area (Å²) in [6.07, 6.45) is -0.0245. The van der Waals surface area contributed by atoms with Gasteiger partial charge in [-0.1, -0.05) is 18.2 Å². The van der Waals surface area contributed by atoms with E-state index >= 15 is 0 Å². The number of azo groups is 1. The molecule has 15 heavy (non-hydrogen) atoms. The van der Waals surface area contributed by atoms with Gasteiger partial charge in [0, 0.05) is 0 Å². The van der Waals surface area contributed by atoms with Gasteiger partial charge in [0.25, 0.3) is 0 Å². The minimum absolute atomic E-state index is 0.0245. The molecular weight excluding hydrogens is 192 g/mol. The highest BCUT2D eigenvalue weighted by Gasteiger charge is 2.20. The Morgan fingerprint density at radius 3 is 2.47 bits per heavy atom. The number of carboxylic acid groups (broad SMARTS) is 1. The van der Waals surface area contributed by atoms with Crippen LogP contribution in [-0.2, 0) is 4.79 Å². The second-order valence-electron chi connectivity index (χ2n) is 3.92. The lowest BCUT2D eigenvalue weighted by Crippen LogP contribution is -2.20. The SMILES string of the molecule is CC(C)(CC(=O)O)N=Nc1ccccc1. The smallest absolute Gasteiger partial charge is 0.305 e. The van der Waals surface area contributed by atoms with Crippen LogP contribution in [0.2, 0.25) is 0 Å². The first kappa shape index (κ1) is 11.4. The summed E-state index contributed by atoms with van der Waals surface area (Å²) in [5, 5.41) is 16.6. The van der Waals surface area contributed by atoms with Crippen LogP contribution in [0.25, 0.3) is 0 Å². The van der Waals surface area contributed by atoms with Crippen molar-refractivity contribution in [1.29, 1.82) is 0 Å². The highest BCUT2D eigenvalue weighted by Crippen LogP contribution is 2.19. The van der Waals surface area contributed by atoms with E-state index in [1.165, 1.54) is 0 Å². The van der Waals surface area contributed by atoms with Crippen molar-refractivity contribution in [3.8, 4) is 0 Å². The molecule has 0 aliphatic carbocycles. The van der Waals surface area contributed by atoms with Crippen LogP contribution in [0.15, 0.2) is 40.6 Å². The first-order valence-electron chi connectivity index (χ1n) is 4.69. The van der Waals surface area contributed by atoms with E-state index in [9.17, 15) is 4.79 Å². The third-order valence-electron chi connectivity index (χ3n) is 1.78. The third kappa shape index (κ3) is 4.35. The van der Waals surface area contributed by atoms with Crippen LogP contribution in [0.5, 0.6) is 0 Å². The van der Waals surface area contributed by atoms with Crippen molar-refractivity contribution in [3.63, 3.8) is 0 Å². The molecule has 0 radical (unpaired) electrons. The van der Waals surface area contributed by atoms with Crippen LogP contribution in [0.1, 0.15) is 20.3 Å². The Labute approximate surface area is 88.7 Å². The quantitative estimate of drug-likeness (QED) is 0.769. The van der Waals surface area contributed by atoms with Gasteiger partial charge in [-0.05, 0) is 26.0 Å². The fourth-order valence-corrected chi connectivity index (χ4v) is 1.09. The lowest BCUT2D eigenvalue weighted by molar-refractivity contribution is -0.138. The first-order chi connectivity index (χ1) is 6.99. The number of benzene rings is 1. The lowest BCUT2D eigenvalue weighted by Gasteiger charge is -2.14. The molecule has 0 aromatic heterocycles. The molecule has 0 fully saturated rings. The highest BCUT2D eigenvalue weighted by atomic mass is 16.4. The Morgan fingerprint density at radius 2 is 1.93 bits per heavy atom. The number of hydrogen-bond acceptors (Lipinski definition) is 3. The summed E-state index contributed by atoms with van der Waals surface area (Å²) in [6, 6.07) is 9.25. The maximum Gasteiger partial charge on any atom is 0.305 e. The Balaban J connectivity index is 2.68. The van der Waals surface area contributed by atoms with E-state index in [1.807, 2.05) is 30.3 Å². The van der Waals surface area contributed by atoms with Crippen LogP contribution in [0.4, 0.5) is 5.69 Å². The van der Waals surface area contributed by atoms with Crippen LogP contribution in [0.3, 0.4) is 0 Å². The van der Waals surface area contributed by atoms with Crippen molar-refractivity contribution >= 4 is 11.7 Å². The summed E-state index contributed by atoms with van der Waals surface area (Å²) in [7, 11) is 0. The fraction of sp³-hybridized carbons (Fsp3) is 0.364. The molecule has 0 saturated heterocycles. The number of hydrogen-bond donors (Lipinski definition) is 1. The van der Waals surface area contributed by atoms with E-state index < -0.39 is 11.5 Å². The zero-order chi connectivity index (χ0) is 11.3. The third-order valence-corrected chi connectivity index (χ3v) is 1.78. The molecule has 80 valence electrons. The van der Waals surface area contributed by atoms with Crippen LogP contribution < -0.4 is 0 Å². The molecule has 0 aliphatic heterocycles. The largest absolute Gasteiger partial charge is 0.481 e. The summed E-state index contributed by atoms with van der Waals surface area (Å²) in [5.41, 5.74) is 0.0674. The van der Waals surface area contributed by atoms with Gasteiger partial charge >= 0.3 is 5.97 Å². The molecule has 4 nitrogen and oxygen atoms in total. The molecule has 1 rings (SSSR count). The molecule has 0 aliphatic rings. The molecular formula is C11H14N2O2. The maximum absolute atomic E-state index is 10.5. The first-order valence-corrected chi connectivity index (χ1v) is 4.69. The monoisotopic (exact) mass is 206 g/mol. The molecule has 1 aromatic rings. The normalized spacial score (nSPS) is 11.9. The second kappa shape index (κ2) is 4.68. The van der Waals surface area contributed by atoms with Gasteiger partial charge in [-0.15, -0.1) is 0 Å². The van der Waals surface area contributed by atoms with Crippen molar-refractivity contribution in [2.24, 2.45) is 10.2 Å². The fourth-order valence-electron chi connectivity index (χ4n) is 1.09. The van der Waals surface area contributed by atoms with Gasteiger partial charge in [-0.3, -0.25) is 4.79 Å². The van der Waals surface area contributed by atoms with Gasteiger partial charge < -0.3 is 5.11 Å². The number of rotatable bonds is 4. The molecule has 0 atom stereocenters. The molecule has 1 N–H and O–H groups in total. The predicted octanol–water partition coefficient (Wildman–Crippen LogP) is 3.02. The van der Waals surface area contributed by atoms with Crippen LogP contribution in [-0.4, -0.2) is 16.6 Å². The average Bonchev–Trinajstić information content (AvgIpc) is 2.15. The van der Waals surface area contributed by atoms with E-state index in [0.717, 1.165) is 5.69 Å². The summed E-state index contributed by atoms with van der Waals surface area (Å²) < 4.78 is 0. The predicted molar refractivity (Wildman–Crippen MR) is 57.3 cm³/mol. The molecule has 1 aromatic carbocycles. The highest BCUT2D eigenvalue weighted by molar-refractivity contribution is 5.68. The molecule has 0 bridgehead atoms. The van der Waals surface area contributed by atoms with Gasteiger partial charge in [-0.2, -0.15) is 10.2 Å². The van der Waals surface area contributed by atoms with Crippen molar-refractivity contribution in [2.45, 2.75) is 25.8 Å². The van der Waals surface area contributed by atoms with Gasteiger partial charge in [0.15, 0.2) is 0 Å². The van der Waals surface area contributed by atoms with Gasteiger partial charge in [-0.25, -0.2) is 0 Å². The van der Waals surface area contributed by atoms with Crippen molar-refractivity contribution < 1.29 is 9.90 Å². The van der Waals surface area contributed by atoms with E-state index in [-0.39, 0.29) is 6.42 Å². The standard InChI is InChI=1S/C11H14N2O2/c1-11(2,8-10(14)15)13-12-9-6-4-3-5-7-9/h3-7H,8H2,1-2H3,(H,14,15). The van der Waals surface area contributed by atoms with E-state index in [4.69, 9.17) is 5.11 Å². The summed E-state index contributed by atoms with van der Waals surface area (Å²) >= 11 is 0. The van der Waals surface area contributed by atoms with E-state index in [1.54, 1.807) is 13.8 Å². The van der Waals surface area contributed by atoms with Crippen LogP contribution >= 0.6 is 0 Å². The summed E-state index contributed by atoms with van der Waals surface area (Å²) in [5.74, 6) is -0.869. The Hall–Kier alpha value is -1.71. The Morgan fingerprint density at radius 1 is 1.33 bits per heavy atom. The molecule has 4 heteroatoms. The topological polar surface area (TPSA) is 62.0 Å². The zero-order valence-corrected chi connectivity index (χ0v) is 8.84. The summed E-state index contributed by atoms with van der Waals surface area (Å²) in [4.78, 5) is 10.5. The van der Waals surface area contributed by atoms with E-state index in [2.05, 4.69) is 10.2 Å². The van der Waals surface area contributed by atoms with Crippen LogP contribution in [0, 0.1) is 0 Å².